The summed E-state index contributed by atoms with van der Waals surface area (Å²) in [7, 11) is 1.89. The van der Waals surface area contributed by atoms with E-state index in [-0.39, 0.29) is 0 Å². The van der Waals surface area contributed by atoms with Crippen molar-refractivity contribution in [3.05, 3.63) is 66.0 Å². The Kier molecular flexibility index (Phi) is 2.67. The van der Waals surface area contributed by atoms with Gasteiger partial charge in [0.15, 0.2) is 0 Å². The predicted octanol–water partition coefficient (Wildman–Crippen LogP) is 4.34. The van der Waals surface area contributed by atoms with Crippen LogP contribution in [0.25, 0.3) is 37.9 Å². The Labute approximate surface area is 127 Å². The van der Waals surface area contributed by atoms with Crippen molar-refractivity contribution in [2.45, 2.75) is 0 Å². The minimum absolute atomic E-state index is 0.391. The molecule has 0 unspecified atom stereocenters. The van der Waals surface area contributed by atoms with E-state index in [4.69, 9.17) is 6.57 Å². The molecule has 2 aromatic carbocycles. The van der Waals surface area contributed by atoms with Gasteiger partial charge in [0, 0.05) is 12.6 Å². The van der Waals surface area contributed by atoms with Crippen LogP contribution >= 0.6 is 0 Å². The lowest BCUT2D eigenvalue weighted by molar-refractivity contribution is 0.800. The molecule has 0 amide bonds. The van der Waals surface area contributed by atoms with Gasteiger partial charge >= 0.3 is 0 Å². The first-order valence-electron chi connectivity index (χ1n) is 6.96. The minimum atomic E-state index is 0.391. The molecule has 0 atom stereocenters. The zero-order valence-corrected chi connectivity index (χ0v) is 12.0. The molecule has 4 heteroatoms. The fourth-order valence-electron chi connectivity index (χ4n) is 2.72. The summed E-state index contributed by atoms with van der Waals surface area (Å²) in [6.45, 7) is 7.14. The van der Waals surface area contributed by atoms with Crippen molar-refractivity contribution >= 4 is 27.6 Å². The summed E-state index contributed by atoms with van der Waals surface area (Å²) in [5.74, 6) is 0.391. The van der Waals surface area contributed by atoms with Crippen LogP contribution < -0.4 is 0 Å². The van der Waals surface area contributed by atoms with Gasteiger partial charge in [0.2, 0.25) is 5.52 Å². The lowest BCUT2D eigenvalue weighted by atomic mass is 10.0. The summed E-state index contributed by atoms with van der Waals surface area (Å²) < 4.78 is 1.81. The van der Waals surface area contributed by atoms with E-state index in [1.54, 1.807) is 10.7 Å². The van der Waals surface area contributed by atoms with Crippen LogP contribution in [-0.4, -0.2) is 14.8 Å². The van der Waals surface area contributed by atoms with Crippen LogP contribution in [0.2, 0.25) is 0 Å². The quantitative estimate of drug-likeness (QED) is 0.487. The van der Waals surface area contributed by atoms with Crippen LogP contribution in [0, 0.1) is 6.57 Å². The molecule has 104 valence electrons. The van der Waals surface area contributed by atoms with Gasteiger partial charge < -0.3 is 4.85 Å². The Morgan fingerprint density at radius 1 is 1.00 bits per heavy atom. The van der Waals surface area contributed by atoms with Gasteiger partial charge in [-0.3, -0.25) is 4.68 Å². The topological polar surface area (TPSA) is 35.1 Å². The molecule has 0 spiro atoms. The van der Waals surface area contributed by atoms with Crippen molar-refractivity contribution in [3.63, 3.8) is 0 Å². The fraction of sp³-hybridized carbons (Fsp3) is 0.0556. The summed E-state index contributed by atoms with van der Waals surface area (Å²) in [5.41, 5.74) is 3.52. The molecular weight excluding hydrogens is 272 g/mol. The van der Waals surface area contributed by atoms with Crippen LogP contribution in [0.15, 0.2) is 54.6 Å². The number of pyridine rings is 1. The number of hydrogen-bond acceptors (Lipinski definition) is 2. The van der Waals surface area contributed by atoms with Crippen molar-refractivity contribution < 1.29 is 0 Å². The lowest BCUT2D eigenvalue weighted by Crippen LogP contribution is -1.89. The van der Waals surface area contributed by atoms with Gasteiger partial charge in [-0.15, -0.1) is 4.98 Å². The normalized spacial score (nSPS) is 10.9. The highest BCUT2D eigenvalue weighted by molar-refractivity contribution is 5.94. The number of aromatic nitrogens is 3. The molecule has 4 rings (SSSR count). The molecule has 4 nitrogen and oxygen atoms in total. The molecule has 0 N–H and O–H groups in total. The molecule has 0 radical (unpaired) electrons. The van der Waals surface area contributed by atoms with Gasteiger partial charge in [-0.05, 0) is 29.0 Å². The monoisotopic (exact) mass is 284 g/mol. The number of benzene rings is 2. The second-order valence-electron chi connectivity index (χ2n) is 5.18. The van der Waals surface area contributed by atoms with E-state index in [9.17, 15) is 0 Å². The van der Waals surface area contributed by atoms with Gasteiger partial charge in [0.25, 0.3) is 5.82 Å². The maximum absolute atomic E-state index is 7.14. The first-order chi connectivity index (χ1) is 10.8. The molecular formula is C18H12N4. The zero-order chi connectivity index (χ0) is 15.1. The van der Waals surface area contributed by atoms with Crippen LogP contribution in [-0.2, 0) is 7.05 Å². The summed E-state index contributed by atoms with van der Waals surface area (Å²) in [4.78, 5) is 7.85. The van der Waals surface area contributed by atoms with Crippen LogP contribution in [0.5, 0.6) is 0 Å². The number of rotatable bonds is 1. The minimum Gasteiger partial charge on any atom is -0.361 e. The van der Waals surface area contributed by atoms with Crippen molar-refractivity contribution in [3.8, 4) is 11.3 Å². The number of aryl methyl sites for hydroxylation is 1. The van der Waals surface area contributed by atoms with E-state index < -0.39 is 0 Å². The summed E-state index contributed by atoms with van der Waals surface area (Å²) >= 11 is 0. The number of hydrogen-bond donors (Lipinski definition) is 0. The predicted molar refractivity (Wildman–Crippen MR) is 87.7 cm³/mol. The van der Waals surface area contributed by atoms with Crippen molar-refractivity contribution in [2.24, 2.45) is 7.05 Å². The molecule has 0 saturated carbocycles. The third-order valence-corrected chi connectivity index (χ3v) is 3.82. The van der Waals surface area contributed by atoms with E-state index in [1.165, 1.54) is 10.8 Å². The van der Waals surface area contributed by atoms with Gasteiger partial charge in [-0.1, -0.05) is 43.0 Å². The SMILES string of the molecule is [C-]#[N+]c1ccc2c(n1)c(-c1ccc3ccccc3c1)nn2C. The molecule has 0 aliphatic heterocycles. The summed E-state index contributed by atoms with van der Waals surface area (Å²) in [6.07, 6.45) is 0. The Morgan fingerprint density at radius 3 is 2.64 bits per heavy atom. The van der Waals surface area contributed by atoms with Gasteiger partial charge in [-0.2, -0.15) is 5.10 Å². The van der Waals surface area contributed by atoms with Gasteiger partial charge in [-0.25, -0.2) is 0 Å². The fourth-order valence-corrected chi connectivity index (χ4v) is 2.72. The molecule has 2 aromatic heterocycles. The molecule has 0 aliphatic carbocycles. The zero-order valence-electron chi connectivity index (χ0n) is 12.0. The lowest BCUT2D eigenvalue weighted by Gasteiger charge is -2.00. The summed E-state index contributed by atoms with van der Waals surface area (Å²) in [6, 6.07) is 18.1. The smallest absolute Gasteiger partial charge is 0.270 e. The summed E-state index contributed by atoms with van der Waals surface area (Å²) in [5, 5.41) is 6.96. The van der Waals surface area contributed by atoms with Crippen LogP contribution in [0.3, 0.4) is 0 Å². The van der Waals surface area contributed by atoms with Crippen LogP contribution in [0.1, 0.15) is 0 Å². The van der Waals surface area contributed by atoms with Gasteiger partial charge in [0.1, 0.15) is 11.2 Å². The Hall–Kier alpha value is -3.19. The highest BCUT2D eigenvalue weighted by atomic mass is 15.3. The Balaban J connectivity index is 2.01. The third kappa shape index (κ3) is 1.84. The number of nitrogens with zero attached hydrogens (tertiary/aromatic N) is 4. The number of fused-ring (bicyclic) bond motifs is 2. The first kappa shape index (κ1) is 12.5. The molecule has 0 bridgehead atoms. The van der Waals surface area contributed by atoms with E-state index in [0.29, 0.717) is 5.82 Å². The van der Waals surface area contributed by atoms with E-state index in [0.717, 1.165) is 22.3 Å². The second-order valence-corrected chi connectivity index (χ2v) is 5.18. The molecule has 0 fully saturated rings. The van der Waals surface area contributed by atoms with E-state index in [2.05, 4.69) is 45.3 Å². The first-order valence-corrected chi connectivity index (χ1v) is 6.96. The Bertz CT molecular complexity index is 1050. The Morgan fingerprint density at radius 2 is 1.82 bits per heavy atom. The molecule has 2 heterocycles. The average molecular weight is 284 g/mol. The maximum Gasteiger partial charge on any atom is 0.270 e. The molecule has 0 saturated heterocycles. The van der Waals surface area contributed by atoms with Crippen molar-refractivity contribution in [1.82, 2.24) is 14.8 Å². The standard InChI is InChI=1S/C18H12N4/c1-19-16-10-9-15-18(20-16)17(21-22(15)2)14-8-7-12-5-3-4-6-13(12)11-14/h3-11H,2H3. The molecule has 4 aromatic rings. The van der Waals surface area contributed by atoms with Crippen molar-refractivity contribution in [2.75, 3.05) is 0 Å². The molecule has 22 heavy (non-hydrogen) atoms. The average Bonchev–Trinajstić information content (AvgIpc) is 2.90. The second kappa shape index (κ2) is 4.68. The van der Waals surface area contributed by atoms with E-state index >= 15 is 0 Å². The third-order valence-electron chi connectivity index (χ3n) is 3.82. The van der Waals surface area contributed by atoms with E-state index in [1.807, 2.05) is 25.2 Å². The van der Waals surface area contributed by atoms with Crippen molar-refractivity contribution in [1.29, 1.82) is 0 Å². The highest BCUT2D eigenvalue weighted by Gasteiger charge is 2.16. The van der Waals surface area contributed by atoms with Gasteiger partial charge in [0.05, 0.1) is 0 Å². The maximum atomic E-state index is 7.14. The molecule has 0 aliphatic rings. The highest BCUT2D eigenvalue weighted by Crippen LogP contribution is 2.30. The van der Waals surface area contributed by atoms with Crippen LogP contribution in [0.4, 0.5) is 5.82 Å². The largest absolute Gasteiger partial charge is 0.361 e.